The molecular formula is C14H32O4Si. The highest BCUT2D eigenvalue weighted by Gasteiger charge is 2.49. The Labute approximate surface area is 120 Å². The van der Waals surface area contributed by atoms with Crippen molar-refractivity contribution in [3.8, 4) is 0 Å². The first kappa shape index (κ1) is 19.1. The third-order valence-corrected chi connectivity index (χ3v) is 6.19. The van der Waals surface area contributed by atoms with Gasteiger partial charge in [-0.05, 0) is 34.1 Å². The molecule has 116 valence electrons. The predicted molar refractivity (Wildman–Crippen MR) is 80.2 cm³/mol. The summed E-state index contributed by atoms with van der Waals surface area (Å²) in [4.78, 5) is 0. The maximum Gasteiger partial charge on any atom is 0.531 e. The van der Waals surface area contributed by atoms with Gasteiger partial charge >= 0.3 is 8.80 Å². The molecule has 0 radical (unpaired) electrons. The topological polar surface area (TPSA) is 36.9 Å². The summed E-state index contributed by atoms with van der Waals surface area (Å²) in [6, 6.07) is 0. The summed E-state index contributed by atoms with van der Waals surface area (Å²) in [7, 11) is -2.72. The largest absolute Gasteiger partial charge is 0.531 e. The number of rotatable bonds is 13. The van der Waals surface area contributed by atoms with E-state index >= 15 is 0 Å². The zero-order valence-corrected chi connectivity index (χ0v) is 14.4. The molecule has 0 aromatic rings. The lowest BCUT2D eigenvalue weighted by Crippen LogP contribution is -2.57. The summed E-state index contributed by atoms with van der Waals surface area (Å²) in [5.41, 5.74) is -0.0381. The van der Waals surface area contributed by atoms with E-state index in [0.29, 0.717) is 26.4 Å². The van der Waals surface area contributed by atoms with E-state index in [1.165, 1.54) is 12.8 Å². The molecule has 19 heavy (non-hydrogen) atoms. The second kappa shape index (κ2) is 11.8. The molecule has 0 aliphatic heterocycles. The van der Waals surface area contributed by atoms with Crippen molar-refractivity contribution >= 4 is 8.80 Å². The monoisotopic (exact) mass is 292 g/mol. The molecule has 0 aromatic carbocycles. The van der Waals surface area contributed by atoms with Crippen molar-refractivity contribution in [1.82, 2.24) is 0 Å². The Morgan fingerprint density at radius 1 is 0.737 bits per heavy atom. The fourth-order valence-corrected chi connectivity index (χ4v) is 5.09. The van der Waals surface area contributed by atoms with Crippen LogP contribution in [0.3, 0.4) is 0 Å². The Morgan fingerprint density at radius 2 is 1.26 bits per heavy atom. The molecular weight excluding hydrogens is 260 g/mol. The molecule has 0 spiro atoms. The number of ether oxygens (including phenoxy) is 1. The SMILES string of the molecule is CCCCCC(OCC)[Si](OCC)(OCC)OCC. The van der Waals surface area contributed by atoms with Gasteiger partial charge in [0.25, 0.3) is 0 Å². The van der Waals surface area contributed by atoms with Crippen LogP contribution in [0.2, 0.25) is 0 Å². The fourth-order valence-electron chi connectivity index (χ4n) is 2.15. The van der Waals surface area contributed by atoms with Crippen LogP contribution in [0, 0.1) is 0 Å². The Hall–Kier alpha value is 0.0569. The van der Waals surface area contributed by atoms with Crippen molar-refractivity contribution in [2.75, 3.05) is 26.4 Å². The fraction of sp³-hybridized carbons (Fsp3) is 1.00. The highest BCUT2D eigenvalue weighted by Crippen LogP contribution is 2.23. The van der Waals surface area contributed by atoms with E-state index < -0.39 is 8.80 Å². The van der Waals surface area contributed by atoms with Crippen LogP contribution in [0.5, 0.6) is 0 Å². The summed E-state index contributed by atoms with van der Waals surface area (Å²) >= 11 is 0. The van der Waals surface area contributed by atoms with E-state index in [0.717, 1.165) is 12.8 Å². The van der Waals surface area contributed by atoms with Gasteiger partial charge < -0.3 is 18.0 Å². The van der Waals surface area contributed by atoms with Crippen LogP contribution in [0.25, 0.3) is 0 Å². The van der Waals surface area contributed by atoms with Gasteiger partial charge in [0.1, 0.15) is 5.73 Å². The summed E-state index contributed by atoms with van der Waals surface area (Å²) in [6.07, 6.45) is 4.49. The second-order valence-corrected chi connectivity index (χ2v) is 7.06. The summed E-state index contributed by atoms with van der Waals surface area (Å²) < 4.78 is 23.7. The Morgan fingerprint density at radius 3 is 1.63 bits per heavy atom. The van der Waals surface area contributed by atoms with Crippen LogP contribution in [0.15, 0.2) is 0 Å². The van der Waals surface area contributed by atoms with E-state index in [1.54, 1.807) is 0 Å². The number of hydrogen-bond donors (Lipinski definition) is 0. The van der Waals surface area contributed by atoms with E-state index in [1.807, 2.05) is 27.7 Å². The Balaban J connectivity index is 4.84. The van der Waals surface area contributed by atoms with Gasteiger partial charge in [-0.3, -0.25) is 0 Å². The molecule has 0 amide bonds. The van der Waals surface area contributed by atoms with E-state index in [-0.39, 0.29) is 5.73 Å². The lowest BCUT2D eigenvalue weighted by molar-refractivity contribution is -0.0101. The summed E-state index contributed by atoms with van der Waals surface area (Å²) in [5, 5.41) is 0. The molecule has 1 atom stereocenters. The predicted octanol–water partition coefficient (Wildman–Crippen LogP) is 3.56. The van der Waals surface area contributed by atoms with Crippen LogP contribution in [0.1, 0.15) is 60.3 Å². The first-order valence-electron chi connectivity index (χ1n) is 7.74. The van der Waals surface area contributed by atoms with Crippen molar-refractivity contribution in [2.45, 2.75) is 66.0 Å². The lowest BCUT2D eigenvalue weighted by atomic mass is 10.2. The Kier molecular flexibility index (Phi) is 11.9. The molecule has 0 aromatic heterocycles. The molecule has 0 aliphatic carbocycles. The molecule has 1 unspecified atom stereocenters. The first-order valence-corrected chi connectivity index (χ1v) is 9.54. The van der Waals surface area contributed by atoms with Gasteiger partial charge in [-0.25, -0.2) is 0 Å². The smallest absolute Gasteiger partial charge is 0.374 e. The number of hydrogen-bond acceptors (Lipinski definition) is 4. The van der Waals surface area contributed by atoms with Crippen LogP contribution in [-0.4, -0.2) is 41.0 Å². The third kappa shape index (κ3) is 6.86. The van der Waals surface area contributed by atoms with Gasteiger partial charge in [0.05, 0.1) is 0 Å². The van der Waals surface area contributed by atoms with Crippen molar-refractivity contribution in [1.29, 1.82) is 0 Å². The molecule has 0 rings (SSSR count). The average Bonchev–Trinajstić information content (AvgIpc) is 2.39. The van der Waals surface area contributed by atoms with Gasteiger partial charge in [-0.2, -0.15) is 0 Å². The zero-order chi connectivity index (χ0) is 14.6. The molecule has 0 heterocycles. The molecule has 0 N–H and O–H groups in total. The van der Waals surface area contributed by atoms with Gasteiger partial charge in [-0.15, -0.1) is 0 Å². The standard InChI is InChI=1S/C14H32O4Si/c1-6-11-12-13-14(15-7-2)19(16-8-3,17-9-4)18-10-5/h14H,6-13H2,1-5H3. The highest BCUT2D eigenvalue weighted by atomic mass is 28.4. The first-order chi connectivity index (χ1) is 9.20. The average molecular weight is 292 g/mol. The zero-order valence-electron chi connectivity index (χ0n) is 13.4. The van der Waals surface area contributed by atoms with Crippen molar-refractivity contribution in [3.63, 3.8) is 0 Å². The van der Waals surface area contributed by atoms with Gasteiger partial charge in [0.2, 0.25) is 0 Å². The van der Waals surface area contributed by atoms with Gasteiger partial charge in [0, 0.05) is 26.4 Å². The minimum Gasteiger partial charge on any atom is -0.374 e. The maximum absolute atomic E-state index is 5.93. The molecule has 0 saturated heterocycles. The number of unbranched alkanes of at least 4 members (excludes halogenated alkanes) is 2. The van der Waals surface area contributed by atoms with Crippen molar-refractivity contribution in [3.05, 3.63) is 0 Å². The third-order valence-electron chi connectivity index (χ3n) is 2.87. The van der Waals surface area contributed by atoms with Crippen LogP contribution in [0.4, 0.5) is 0 Å². The van der Waals surface area contributed by atoms with Gasteiger partial charge in [0.15, 0.2) is 0 Å². The Bertz CT molecular complexity index is 185. The molecule has 0 saturated carbocycles. The van der Waals surface area contributed by atoms with Crippen LogP contribution < -0.4 is 0 Å². The molecule has 0 bridgehead atoms. The molecule has 4 nitrogen and oxygen atoms in total. The summed E-state index contributed by atoms with van der Waals surface area (Å²) in [5.74, 6) is 0. The van der Waals surface area contributed by atoms with Crippen molar-refractivity contribution in [2.24, 2.45) is 0 Å². The van der Waals surface area contributed by atoms with Crippen LogP contribution in [-0.2, 0) is 18.0 Å². The van der Waals surface area contributed by atoms with Crippen molar-refractivity contribution < 1.29 is 18.0 Å². The molecule has 0 aliphatic rings. The van der Waals surface area contributed by atoms with Gasteiger partial charge in [-0.1, -0.05) is 26.2 Å². The lowest BCUT2D eigenvalue weighted by Gasteiger charge is -2.34. The quantitative estimate of drug-likeness (QED) is 0.384. The maximum atomic E-state index is 5.93. The van der Waals surface area contributed by atoms with E-state index in [9.17, 15) is 0 Å². The van der Waals surface area contributed by atoms with E-state index in [2.05, 4.69) is 6.92 Å². The summed E-state index contributed by atoms with van der Waals surface area (Å²) in [6.45, 7) is 12.6. The molecule has 0 fully saturated rings. The minimum atomic E-state index is -2.72. The normalized spacial score (nSPS) is 13.7. The van der Waals surface area contributed by atoms with Crippen LogP contribution >= 0.6 is 0 Å². The van der Waals surface area contributed by atoms with E-state index in [4.69, 9.17) is 18.0 Å². The molecule has 5 heteroatoms. The highest BCUT2D eigenvalue weighted by molar-refractivity contribution is 6.62. The second-order valence-electron chi connectivity index (χ2n) is 4.34. The minimum absolute atomic E-state index is 0.0381.